The molecule has 25 heavy (non-hydrogen) atoms. The molecule has 0 spiro atoms. The van der Waals surface area contributed by atoms with Crippen LogP contribution in [0, 0.1) is 6.92 Å². The second kappa shape index (κ2) is 6.13. The van der Waals surface area contributed by atoms with Crippen LogP contribution in [0.1, 0.15) is 16.3 Å². The van der Waals surface area contributed by atoms with Gasteiger partial charge in [-0.3, -0.25) is 0 Å². The van der Waals surface area contributed by atoms with Crippen molar-refractivity contribution < 1.29 is 8.42 Å². The van der Waals surface area contributed by atoms with Crippen LogP contribution in [-0.2, 0) is 16.4 Å². The van der Waals surface area contributed by atoms with E-state index in [1.807, 2.05) is 36.6 Å². The molecule has 0 aliphatic rings. The molecule has 4 aromatic rings. The van der Waals surface area contributed by atoms with Crippen LogP contribution in [0.3, 0.4) is 0 Å². The van der Waals surface area contributed by atoms with Gasteiger partial charge in [-0.05, 0) is 42.8 Å². The molecular formula is C19H16N2O2S2. The normalized spacial score (nSPS) is 11.9. The van der Waals surface area contributed by atoms with E-state index in [4.69, 9.17) is 0 Å². The average molecular weight is 368 g/mol. The summed E-state index contributed by atoms with van der Waals surface area (Å²) < 4.78 is 27.0. The minimum atomic E-state index is -3.58. The average Bonchev–Trinajstić information content (AvgIpc) is 3.22. The third-order valence-electron chi connectivity index (χ3n) is 4.04. The number of aryl methyl sites for hydroxylation is 1. The number of fused-ring (bicyclic) bond motifs is 1. The summed E-state index contributed by atoms with van der Waals surface area (Å²) in [7, 11) is -3.58. The Morgan fingerprint density at radius 3 is 2.60 bits per heavy atom. The Bertz CT molecular complexity index is 1140. The van der Waals surface area contributed by atoms with E-state index in [1.54, 1.807) is 47.9 Å². The molecule has 2 aromatic heterocycles. The molecule has 0 atom stereocenters. The Balaban J connectivity index is 1.73. The molecule has 0 saturated carbocycles. The minimum Gasteiger partial charge on any atom is -0.246 e. The Labute approximate surface area is 150 Å². The van der Waals surface area contributed by atoms with Crippen molar-refractivity contribution in [2.45, 2.75) is 18.2 Å². The van der Waals surface area contributed by atoms with Crippen molar-refractivity contribution in [3.05, 3.63) is 82.4 Å². The first-order valence-corrected chi connectivity index (χ1v) is 10.2. The topological polar surface area (TPSA) is 52.0 Å². The number of rotatable bonds is 4. The third kappa shape index (κ3) is 2.99. The number of aromatic nitrogens is 2. The van der Waals surface area contributed by atoms with E-state index in [1.165, 1.54) is 3.97 Å². The summed E-state index contributed by atoms with van der Waals surface area (Å²) in [5.74, 6) is 0. The first kappa shape index (κ1) is 16.1. The van der Waals surface area contributed by atoms with Gasteiger partial charge in [0.1, 0.15) is 0 Å². The maximum atomic E-state index is 12.8. The molecule has 2 heterocycles. The summed E-state index contributed by atoms with van der Waals surface area (Å²) in [6.45, 7) is 1.98. The Hall–Kier alpha value is -2.44. The van der Waals surface area contributed by atoms with Gasteiger partial charge in [-0.2, -0.15) is 0 Å². The van der Waals surface area contributed by atoms with Crippen LogP contribution in [0.15, 0.2) is 71.1 Å². The zero-order chi connectivity index (χ0) is 17.4. The highest BCUT2D eigenvalue weighted by atomic mass is 32.2. The zero-order valence-electron chi connectivity index (χ0n) is 13.6. The first-order valence-electron chi connectivity index (χ1n) is 7.86. The van der Waals surface area contributed by atoms with Gasteiger partial charge in [0.05, 0.1) is 15.4 Å². The van der Waals surface area contributed by atoms with Crippen molar-refractivity contribution in [2.75, 3.05) is 0 Å². The molecule has 0 fully saturated rings. The highest BCUT2D eigenvalue weighted by molar-refractivity contribution is 7.90. The fourth-order valence-corrected chi connectivity index (χ4v) is 5.03. The van der Waals surface area contributed by atoms with Crippen LogP contribution < -0.4 is 0 Å². The largest absolute Gasteiger partial charge is 0.268 e. The van der Waals surface area contributed by atoms with Crippen LogP contribution in [-0.4, -0.2) is 17.4 Å². The van der Waals surface area contributed by atoms with Crippen molar-refractivity contribution in [2.24, 2.45) is 0 Å². The molecule has 2 aromatic carbocycles. The third-order valence-corrected chi connectivity index (χ3v) is 6.71. The van der Waals surface area contributed by atoms with Gasteiger partial charge in [0.15, 0.2) is 0 Å². The molecular weight excluding hydrogens is 352 g/mol. The predicted octanol–water partition coefficient (Wildman–Crippen LogP) is 4.23. The maximum Gasteiger partial charge on any atom is 0.268 e. The molecule has 0 saturated heterocycles. The van der Waals surface area contributed by atoms with Crippen molar-refractivity contribution in [1.82, 2.24) is 8.96 Å². The van der Waals surface area contributed by atoms with E-state index in [0.29, 0.717) is 5.52 Å². The lowest BCUT2D eigenvalue weighted by atomic mass is 10.1. The predicted molar refractivity (Wildman–Crippen MR) is 101 cm³/mol. The van der Waals surface area contributed by atoms with E-state index < -0.39 is 10.0 Å². The Kier molecular flexibility index (Phi) is 3.94. The smallest absolute Gasteiger partial charge is 0.246 e. The lowest BCUT2D eigenvalue weighted by molar-refractivity contribution is 0.589. The summed E-state index contributed by atoms with van der Waals surface area (Å²) in [5, 5.41) is 4.01. The van der Waals surface area contributed by atoms with Crippen LogP contribution in [0.5, 0.6) is 0 Å². The van der Waals surface area contributed by atoms with Crippen molar-refractivity contribution in [3.8, 4) is 0 Å². The van der Waals surface area contributed by atoms with E-state index in [9.17, 15) is 8.42 Å². The molecule has 4 nitrogen and oxygen atoms in total. The van der Waals surface area contributed by atoms with Crippen LogP contribution in [0.25, 0.3) is 10.9 Å². The van der Waals surface area contributed by atoms with Crippen LogP contribution >= 0.6 is 11.3 Å². The molecule has 0 radical (unpaired) electrons. The first-order chi connectivity index (χ1) is 12.0. The summed E-state index contributed by atoms with van der Waals surface area (Å²) in [5.41, 5.74) is 2.83. The quantitative estimate of drug-likeness (QED) is 0.541. The molecule has 0 aliphatic heterocycles. The molecule has 0 unspecified atom stereocenters. The molecule has 0 amide bonds. The van der Waals surface area contributed by atoms with Gasteiger partial charge >= 0.3 is 0 Å². The lowest BCUT2D eigenvalue weighted by Crippen LogP contribution is -2.11. The van der Waals surface area contributed by atoms with Gasteiger partial charge in [0.25, 0.3) is 10.0 Å². The second-order valence-corrected chi connectivity index (χ2v) is 8.64. The van der Waals surface area contributed by atoms with Crippen LogP contribution in [0.4, 0.5) is 0 Å². The fraction of sp³-hybridized carbons (Fsp3) is 0.105. The molecule has 6 heteroatoms. The number of hydrogen-bond donors (Lipinski definition) is 0. The number of hydrogen-bond acceptors (Lipinski definition) is 4. The summed E-state index contributed by atoms with van der Waals surface area (Å²) in [6.07, 6.45) is 2.37. The highest BCUT2D eigenvalue weighted by Crippen LogP contribution is 2.24. The minimum absolute atomic E-state index is 0.287. The maximum absolute atomic E-state index is 12.8. The van der Waals surface area contributed by atoms with Gasteiger partial charge in [0.2, 0.25) is 0 Å². The highest BCUT2D eigenvalue weighted by Gasteiger charge is 2.18. The summed E-state index contributed by atoms with van der Waals surface area (Å²) in [4.78, 5) is 4.77. The molecule has 4 rings (SSSR count). The van der Waals surface area contributed by atoms with Gasteiger partial charge in [0, 0.05) is 29.1 Å². The number of benzene rings is 2. The number of nitrogens with zero attached hydrogens (tertiary/aromatic N) is 2. The van der Waals surface area contributed by atoms with E-state index in [0.717, 1.165) is 28.1 Å². The van der Waals surface area contributed by atoms with Crippen molar-refractivity contribution in [1.29, 1.82) is 0 Å². The van der Waals surface area contributed by atoms with Gasteiger partial charge in [-0.25, -0.2) is 17.4 Å². The SMILES string of the molecule is Cc1csc(Cc2ccc3c(ccn3S(=O)(=O)c3ccccc3)c2)n1. The van der Waals surface area contributed by atoms with E-state index in [-0.39, 0.29) is 4.90 Å². The fourth-order valence-electron chi connectivity index (χ4n) is 2.85. The standard InChI is InChI=1S/C19H16N2O2S2/c1-14-13-24-19(20-14)12-15-7-8-18-16(11-15)9-10-21(18)25(22,23)17-5-3-2-4-6-17/h2-11,13H,12H2,1H3. The van der Waals surface area contributed by atoms with Crippen LogP contribution in [0.2, 0.25) is 0 Å². The summed E-state index contributed by atoms with van der Waals surface area (Å²) >= 11 is 1.64. The molecule has 0 aliphatic carbocycles. The van der Waals surface area contributed by atoms with E-state index >= 15 is 0 Å². The van der Waals surface area contributed by atoms with Crippen molar-refractivity contribution in [3.63, 3.8) is 0 Å². The monoisotopic (exact) mass is 368 g/mol. The number of thiazole rings is 1. The van der Waals surface area contributed by atoms with Crippen molar-refractivity contribution >= 4 is 32.3 Å². The Morgan fingerprint density at radius 2 is 1.88 bits per heavy atom. The Morgan fingerprint density at radius 1 is 1.08 bits per heavy atom. The van der Waals surface area contributed by atoms with Gasteiger partial charge in [-0.15, -0.1) is 11.3 Å². The zero-order valence-corrected chi connectivity index (χ0v) is 15.2. The van der Waals surface area contributed by atoms with Gasteiger partial charge in [-0.1, -0.05) is 24.3 Å². The molecule has 0 N–H and O–H groups in total. The van der Waals surface area contributed by atoms with Gasteiger partial charge < -0.3 is 0 Å². The second-order valence-electron chi connectivity index (χ2n) is 5.88. The molecule has 0 bridgehead atoms. The van der Waals surface area contributed by atoms with E-state index in [2.05, 4.69) is 4.98 Å². The molecule has 126 valence electrons. The lowest BCUT2D eigenvalue weighted by Gasteiger charge is -2.08. The summed E-state index contributed by atoms with van der Waals surface area (Å²) in [6, 6.07) is 16.2.